The highest BCUT2D eigenvalue weighted by molar-refractivity contribution is 8.00. The van der Waals surface area contributed by atoms with Crippen molar-refractivity contribution in [2.75, 3.05) is 43.6 Å². The van der Waals surface area contributed by atoms with Gasteiger partial charge in [-0.3, -0.25) is 14.5 Å². The minimum atomic E-state index is -0.742. The Morgan fingerprint density at radius 1 is 1.29 bits per heavy atom. The van der Waals surface area contributed by atoms with Crippen LogP contribution < -0.4 is 5.32 Å². The van der Waals surface area contributed by atoms with E-state index in [9.17, 15) is 19.2 Å². The Labute approximate surface area is 188 Å². The van der Waals surface area contributed by atoms with Gasteiger partial charge >= 0.3 is 12.1 Å². The third-order valence-electron chi connectivity index (χ3n) is 5.05. The van der Waals surface area contributed by atoms with Crippen LogP contribution in [0.5, 0.6) is 0 Å². The number of halogens is 1. The summed E-state index contributed by atoms with van der Waals surface area (Å²) < 4.78 is 9.75. The molecule has 10 nitrogen and oxygen atoms in total. The second kappa shape index (κ2) is 10.7. The number of likely N-dealkylation sites (tertiary alicyclic amines) is 1. The molecule has 0 aromatic carbocycles. The van der Waals surface area contributed by atoms with Gasteiger partial charge in [0.1, 0.15) is 12.4 Å². The lowest BCUT2D eigenvalue weighted by Gasteiger charge is -2.37. The summed E-state index contributed by atoms with van der Waals surface area (Å²) in [6.45, 7) is 0.903. The molecule has 1 aromatic rings. The van der Waals surface area contributed by atoms with Crippen molar-refractivity contribution in [2.45, 2.75) is 24.9 Å². The van der Waals surface area contributed by atoms with Crippen molar-refractivity contribution in [3.8, 4) is 0 Å². The highest BCUT2D eigenvalue weighted by Gasteiger charge is 2.44. The Morgan fingerprint density at radius 3 is 2.68 bits per heavy atom. The van der Waals surface area contributed by atoms with Crippen molar-refractivity contribution in [2.24, 2.45) is 0 Å². The molecule has 0 saturated carbocycles. The minimum Gasteiger partial charge on any atom is -0.467 e. The Hall–Kier alpha value is -2.53. The zero-order chi connectivity index (χ0) is 22.4. The highest BCUT2D eigenvalue weighted by atomic mass is 35.5. The van der Waals surface area contributed by atoms with Crippen molar-refractivity contribution in [1.82, 2.24) is 14.8 Å². The molecule has 1 aromatic heterocycles. The van der Waals surface area contributed by atoms with Crippen LogP contribution in [0.3, 0.4) is 0 Å². The number of pyridine rings is 1. The van der Waals surface area contributed by atoms with Gasteiger partial charge in [-0.25, -0.2) is 14.6 Å². The number of carbonyl (C=O) groups excluding carboxylic acids is 4. The van der Waals surface area contributed by atoms with E-state index in [1.54, 1.807) is 17.0 Å². The van der Waals surface area contributed by atoms with Gasteiger partial charge in [-0.05, 0) is 25.0 Å². The first-order valence-electron chi connectivity index (χ1n) is 9.69. The fourth-order valence-electron chi connectivity index (χ4n) is 3.50. The third kappa shape index (κ3) is 6.01. The fourth-order valence-corrected chi connectivity index (χ4v) is 4.33. The van der Waals surface area contributed by atoms with Crippen molar-refractivity contribution < 1.29 is 28.7 Å². The van der Waals surface area contributed by atoms with Gasteiger partial charge in [0.15, 0.2) is 6.04 Å². The first kappa shape index (κ1) is 23.1. The van der Waals surface area contributed by atoms with Gasteiger partial charge in [0.2, 0.25) is 11.8 Å². The SMILES string of the molecule is COC(=O)C1COC(=O)N1C1CCN(C(=O)CSCC(=O)Nc2ccc(Cl)cn2)CC1. The topological polar surface area (TPSA) is 118 Å². The van der Waals surface area contributed by atoms with E-state index >= 15 is 0 Å². The molecule has 2 fully saturated rings. The number of thioether (sulfide) groups is 1. The van der Waals surface area contributed by atoms with E-state index in [1.807, 2.05) is 0 Å². The Balaban J connectivity index is 1.40. The van der Waals surface area contributed by atoms with E-state index in [2.05, 4.69) is 10.3 Å². The zero-order valence-electron chi connectivity index (χ0n) is 16.9. The predicted octanol–water partition coefficient (Wildman–Crippen LogP) is 1.39. The number of hydrogen-bond donors (Lipinski definition) is 1. The lowest BCUT2D eigenvalue weighted by Crippen LogP contribution is -2.52. The normalized spacial score (nSPS) is 19.2. The standard InChI is InChI=1S/C19H23ClN4O6S/c1-29-18(27)14-9-30-19(28)24(14)13-4-6-23(7-5-13)17(26)11-31-10-16(25)22-15-3-2-12(20)8-21-15/h2-3,8,13-14H,4-7,9-11H2,1H3,(H,21,22,25). The quantitative estimate of drug-likeness (QED) is 0.594. The number of piperidine rings is 1. The van der Waals surface area contributed by atoms with E-state index in [0.29, 0.717) is 36.8 Å². The molecule has 2 saturated heterocycles. The maximum absolute atomic E-state index is 12.5. The number of cyclic esters (lactones) is 1. The van der Waals surface area contributed by atoms with Crippen LogP contribution in [-0.2, 0) is 23.9 Å². The largest absolute Gasteiger partial charge is 0.467 e. The average Bonchev–Trinajstić information content (AvgIpc) is 3.16. The maximum atomic E-state index is 12.5. The monoisotopic (exact) mass is 470 g/mol. The second-order valence-corrected chi connectivity index (χ2v) is 8.46. The molecular weight excluding hydrogens is 448 g/mol. The van der Waals surface area contributed by atoms with Gasteiger partial charge in [-0.1, -0.05) is 11.6 Å². The summed E-state index contributed by atoms with van der Waals surface area (Å²) >= 11 is 6.97. The molecule has 3 heterocycles. The Bertz CT molecular complexity index is 831. The van der Waals surface area contributed by atoms with Crippen LogP contribution in [-0.4, -0.2) is 89.1 Å². The van der Waals surface area contributed by atoms with Crippen LogP contribution in [0.1, 0.15) is 12.8 Å². The van der Waals surface area contributed by atoms with E-state index < -0.39 is 18.1 Å². The molecule has 0 radical (unpaired) electrons. The lowest BCUT2D eigenvalue weighted by molar-refractivity contribution is -0.146. The molecule has 1 N–H and O–H groups in total. The molecule has 2 aliphatic heterocycles. The first-order valence-corrected chi connectivity index (χ1v) is 11.2. The van der Waals surface area contributed by atoms with Crippen LogP contribution in [0.25, 0.3) is 0 Å². The molecule has 0 bridgehead atoms. The summed E-state index contributed by atoms with van der Waals surface area (Å²) in [5.41, 5.74) is 0. The van der Waals surface area contributed by atoms with Crippen LogP contribution >= 0.6 is 23.4 Å². The summed E-state index contributed by atoms with van der Waals surface area (Å²) in [6, 6.07) is 2.29. The average molecular weight is 471 g/mol. The van der Waals surface area contributed by atoms with Crippen molar-refractivity contribution in [3.05, 3.63) is 23.4 Å². The molecular formula is C19H23ClN4O6S. The Morgan fingerprint density at radius 2 is 2.03 bits per heavy atom. The van der Waals surface area contributed by atoms with Crippen LogP contribution in [0, 0.1) is 0 Å². The molecule has 168 valence electrons. The summed E-state index contributed by atoms with van der Waals surface area (Å²) in [6.07, 6.45) is 1.99. The molecule has 31 heavy (non-hydrogen) atoms. The van der Waals surface area contributed by atoms with E-state index in [4.69, 9.17) is 21.1 Å². The molecule has 1 atom stereocenters. The molecule has 2 aliphatic rings. The summed E-state index contributed by atoms with van der Waals surface area (Å²) in [7, 11) is 1.27. The summed E-state index contributed by atoms with van der Waals surface area (Å²) in [4.78, 5) is 55.5. The molecule has 3 amide bonds. The number of methoxy groups -OCH3 is 1. The molecule has 3 rings (SSSR count). The number of aromatic nitrogens is 1. The first-order chi connectivity index (χ1) is 14.9. The third-order valence-corrected chi connectivity index (χ3v) is 6.19. The number of carbonyl (C=O) groups is 4. The van der Waals surface area contributed by atoms with Gasteiger partial charge in [-0.2, -0.15) is 0 Å². The van der Waals surface area contributed by atoms with E-state index in [-0.39, 0.29) is 36.0 Å². The van der Waals surface area contributed by atoms with E-state index in [1.165, 1.54) is 30.0 Å². The van der Waals surface area contributed by atoms with Crippen molar-refractivity contribution >= 4 is 53.1 Å². The maximum Gasteiger partial charge on any atom is 0.410 e. The van der Waals surface area contributed by atoms with Crippen LogP contribution in [0.2, 0.25) is 5.02 Å². The smallest absolute Gasteiger partial charge is 0.410 e. The van der Waals surface area contributed by atoms with Gasteiger partial charge in [0.05, 0.1) is 23.6 Å². The fraction of sp³-hybridized carbons (Fsp3) is 0.526. The predicted molar refractivity (Wildman–Crippen MR) is 114 cm³/mol. The number of rotatable bonds is 7. The number of nitrogens with one attached hydrogen (secondary N) is 1. The van der Waals surface area contributed by atoms with Gasteiger partial charge < -0.3 is 19.7 Å². The minimum absolute atomic E-state index is 0.0190. The van der Waals surface area contributed by atoms with Crippen LogP contribution in [0.15, 0.2) is 18.3 Å². The van der Waals surface area contributed by atoms with Crippen molar-refractivity contribution in [3.63, 3.8) is 0 Å². The molecule has 0 spiro atoms. The van der Waals surface area contributed by atoms with Gasteiger partial charge in [0.25, 0.3) is 0 Å². The number of esters is 1. The summed E-state index contributed by atoms with van der Waals surface area (Å²) in [5.74, 6) is -0.153. The molecule has 0 aliphatic carbocycles. The number of amides is 3. The highest BCUT2D eigenvalue weighted by Crippen LogP contribution is 2.25. The summed E-state index contributed by atoms with van der Waals surface area (Å²) in [5, 5.41) is 3.12. The van der Waals surface area contributed by atoms with Gasteiger partial charge in [-0.15, -0.1) is 11.8 Å². The van der Waals surface area contributed by atoms with Crippen LogP contribution in [0.4, 0.5) is 10.6 Å². The Kier molecular flexibility index (Phi) is 7.97. The second-order valence-electron chi connectivity index (χ2n) is 7.04. The van der Waals surface area contributed by atoms with Gasteiger partial charge in [0, 0.05) is 25.3 Å². The van der Waals surface area contributed by atoms with E-state index in [0.717, 1.165) is 0 Å². The van der Waals surface area contributed by atoms with Crippen molar-refractivity contribution in [1.29, 1.82) is 0 Å². The number of hydrogen-bond acceptors (Lipinski definition) is 8. The number of nitrogens with zero attached hydrogens (tertiary/aromatic N) is 3. The zero-order valence-corrected chi connectivity index (χ0v) is 18.5. The lowest BCUT2D eigenvalue weighted by atomic mass is 10.0. The number of ether oxygens (including phenoxy) is 2. The number of anilines is 1. The molecule has 1 unspecified atom stereocenters. The molecule has 12 heteroatoms.